The Morgan fingerprint density at radius 1 is 1.33 bits per heavy atom. The average Bonchev–Trinajstić information content (AvgIpc) is 2.51. The van der Waals surface area contributed by atoms with E-state index in [1.807, 2.05) is 25.1 Å². The average molecular weight is 285 g/mol. The van der Waals surface area contributed by atoms with Gasteiger partial charge in [0.2, 0.25) is 0 Å². The Morgan fingerprint density at radius 2 is 2.10 bits per heavy atom. The standard InChI is InChI=1S/C15H19N5O/c1-3-21-19-9-13-14(16)17-10-18-15(13)20-11(2)12-7-5-4-6-8-12/h4-11H,3H2,1-2H3,(H3,16,17,18,20)/b19-9+. The number of nitrogens with two attached hydrogens (primary N) is 1. The van der Waals surface area contributed by atoms with Gasteiger partial charge in [-0.3, -0.25) is 0 Å². The molecule has 1 unspecified atom stereocenters. The van der Waals surface area contributed by atoms with E-state index in [4.69, 9.17) is 10.6 Å². The minimum atomic E-state index is 0.0831. The molecule has 1 heterocycles. The number of oxime groups is 1. The molecule has 0 saturated carbocycles. The fraction of sp³-hybridized carbons (Fsp3) is 0.267. The van der Waals surface area contributed by atoms with Crippen molar-refractivity contribution in [3.63, 3.8) is 0 Å². The van der Waals surface area contributed by atoms with Crippen LogP contribution < -0.4 is 11.1 Å². The van der Waals surface area contributed by atoms with E-state index in [2.05, 4.69) is 39.5 Å². The van der Waals surface area contributed by atoms with E-state index in [9.17, 15) is 0 Å². The number of nitrogen functional groups attached to an aromatic ring is 1. The molecule has 0 aliphatic rings. The smallest absolute Gasteiger partial charge is 0.141 e. The zero-order chi connectivity index (χ0) is 15.1. The highest BCUT2D eigenvalue weighted by Crippen LogP contribution is 2.21. The number of rotatable bonds is 6. The van der Waals surface area contributed by atoms with Crippen molar-refractivity contribution in [1.82, 2.24) is 9.97 Å². The lowest BCUT2D eigenvalue weighted by Crippen LogP contribution is -2.12. The third-order valence-electron chi connectivity index (χ3n) is 2.95. The third-order valence-corrected chi connectivity index (χ3v) is 2.95. The molecule has 110 valence electrons. The highest BCUT2D eigenvalue weighted by Gasteiger charge is 2.11. The first-order valence-corrected chi connectivity index (χ1v) is 6.79. The molecule has 0 spiro atoms. The largest absolute Gasteiger partial charge is 0.396 e. The van der Waals surface area contributed by atoms with E-state index in [1.54, 1.807) is 0 Å². The maximum absolute atomic E-state index is 5.88. The highest BCUT2D eigenvalue weighted by molar-refractivity contribution is 5.91. The number of anilines is 2. The number of nitrogens with one attached hydrogen (secondary N) is 1. The lowest BCUT2D eigenvalue weighted by Gasteiger charge is -2.16. The lowest BCUT2D eigenvalue weighted by atomic mass is 10.1. The SMILES string of the molecule is CCO/N=C/c1c(N)ncnc1NC(C)c1ccccc1. The number of hydrogen-bond donors (Lipinski definition) is 2. The molecule has 1 aromatic carbocycles. The first kappa shape index (κ1) is 14.8. The van der Waals surface area contributed by atoms with E-state index in [-0.39, 0.29) is 6.04 Å². The third kappa shape index (κ3) is 3.92. The number of aromatic nitrogens is 2. The molecule has 0 amide bonds. The van der Waals surface area contributed by atoms with Crippen LogP contribution in [0.1, 0.15) is 31.0 Å². The lowest BCUT2D eigenvalue weighted by molar-refractivity contribution is 0.160. The second-order valence-corrected chi connectivity index (χ2v) is 4.45. The van der Waals surface area contributed by atoms with Crippen LogP contribution in [0.25, 0.3) is 0 Å². The van der Waals surface area contributed by atoms with Crippen molar-refractivity contribution < 1.29 is 4.84 Å². The summed E-state index contributed by atoms with van der Waals surface area (Å²) in [5.74, 6) is 0.985. The van der Waals surface area contributed by atoms with Crippen LogP contribution in [-0.2, 0) is 4.84 Å². The minimum Gasteiger partial charge on any atom is -0.396 e. The summed E-state index contributed by atoms with van der Waals surface area (Å²) >= 11 is 0. The van der Waals surface area contributed by atoms with Crippen molar-refractivity contribution in [2.24, 2.45) is 5.16 Å². The van der Waals surface area contributed by atoms with Crippen LogP contribution in [0.5, 0.6) is 0 Å². The van der Waals surface area contributed by atoms with Gasteiger partial charge in [-0.15, -0.1) is 0 Å². The molecule has 6 nitrogen and oxygen atoms in total. The Balaban J connectivity index is 2.21. The van der Waals surface area contributed by atoms with Crippen LogP contribution in [0.15, 0.2) is 41.8 Å². The summed E-state index contributed by atoms with van der Waals surface area (Å²) < 4.78 is 0. The Bertz CT molecular complexity index is 600. The molecule has 0 aliphatic carbocycles. The van der Waals surface area contributed by atoms with Crippen molar-refractivity contribution in [2.45, 2.75) is 19.9 Å². The molecule has 0 fully saturated rings. The first-order valence-electron chi connectivity index (χ1n) is 6.79. The van der Waals surface area contributed by atoms with Crippen molar-refractivity contribution in [3.8, 4) is 0 Å². The summed E-state index contributed by atoms with van der Waals surface area (Å²) in [6.07, 6.45) is 2.95. The van der Waals surface area contributed by atoms with Crippen LogP contribution in [0, 0.1) is 0 Å². The zero-order valence-electron chi connectivity index (χ0n) is 12.2. The fourth-order valence-corrected chi connectivity index (χ4v) is 1.85. The minimum absolute atomic E-state index is 0.0831. The maximum Gasteiger partial charge on any atom is 0.141 e. The summed E-state index contributed by atoms with van der Waals surface area (Å²) in [5.41, 5.74) is 7.65. The van der Waals surface area contributed by atoms with Crippen LogP contribution in [0.4, 0.5) is 11.6 Å². The molecule has 2 aromatic rings. The summed E-state index contributed by atoms with van der Waals surface area (Å²) in [4.78, 5) is 13.2. The number of nitrogens with zero attached hydrogens (tertiary/aromatic N) is 3. The van der Waals surface area contributed by atoms with Gasteiger partial charge in [-0.1, -0.05) is 35.5 Å². The number of benzene rings is 1. The van der Waals surface area contributed by atoms with Gasteiger partial charge in [-0.05, 0) is 19.4 Å². The van der Waals surface area contributed by atoms with Crippen LogP contribution in [-0.4, -0.2) is 22.8 Å². The molecule has 21 heavy (non-hydrogen) atoms. The topological polar surface area (TPSA) is 85.4 Å². The van der Waals surface area contributed by atoms with E-state index >= 15 is 0 Å². The predicted molar refractivity (Wildman–Crippen MR) is 84.1 cm³/mol. The van der Waals surface area contributed by atoms with Crippen molar-refractivity contribution >= 4 is 17.9 Å². The molecular formula is C15H19N5O. The molecule has 6 heteroatoms. The molecule has 0 bridgehead atoms. The Morgan fingerprint density at radius 3 is 2.81 bits per heavy atom. The molecule has 2 rings (SSSR count). The van der Waals surface area contributed by atoms with E-state index in [0.717, 1.165) is 5.56 Å². The molecule has 0 radical (unpaired) electrons. The van der Waals surface area contributed by atoms with Gasteiger partial charge in [-0.25, -0.2) is 9.97 Å². The van der Waals surface area contributed by atoms with Gasteiger partial charge in [0.15, 0.2) is 0 Å². The van der Waals surface area contributed by atoms with Crippen molar-refractivity contribution in [1.29, 1.82) is 0 Å². The van der Waals surface area contributed by atoms with Gasteiger partial charge in [0.25, 0.3) is 0 Å². The van der Waals surface area contributed by atoms with Gasteiger partial charge in [0.1, 0.15) is 24.6 Å². The van der Waals surface area contributed by atoms with Gasteiger partial charge >= 0.3 is 0 Å². The normalized spacial score (nSPS) is 12.3. The van der Waals surface area contributed by atoms with E-state index in [0.29, 0.717) is 23.8 Å². The second-order valence-electron chi connectivity index (χ2n) is 4.45. The summed E-state index contributed by atoms with van der Waals surface area (Å²) in [7, 11) is 0. The van der Waals surface area contributed by atoms with Gasteiger partial charge in [0, 0.05) is 6.04 Å². The Labute approximate surface area is 124 Å². The molecule has 0 saturated heterocycles. The van der Waals surface area contributed by atoms with E-state index in [1.165, 1.54) is 12.5 Å². The maximum atomic E-state index is 5.88. The van der Waals surface area contributed by atoms with Crippen molar-refractivity contribution in [3.05, 3.63) is 47.8 Å². The fourth-order valence-electron chi connectivity index (χ4n) is 1.85. The first-order chi connectivity index (χ1) is 10.2. The monoisotopic (exact) mass is 285 g/mol. The van der Waals surface area contributed by atoms with E-state index < -0.39 is 0 Å². The highest BCUT2D eigenvalue weighted by atomic mass is 16.6. The zero-order valence-corrected chi connectivity index (χ0v) is 12.2. The predicted octanol–water partition coefficient (Wildman–Crippen LogP) is 2.60. The number of hydrogen-bond acceptors (Lipinski definition) is 6. The molecule has 1 aromatic heterocycles. The van der Waals surface area contributed by atoms with Gasteiger partial charge in [-0.2, -0.15) is 0 Å². The molecule has 1 atom stereocenters. The van der Waals surface area contributed by atoms with Crippen LogP contribution in [0.2, 0.25) is 0 Å². The quantitative estimate of drug-likeness (QED) is 0.629. The second kappa shape index (κ2) is 7.23. The summed E-state index contributed by atoms with van der Waals surface area (Å²) in [5, 5.41) is 7.15. The molecule has 0 aliphatic heterocycles. The van der Waals surface area contributed by atoms with Gasteiger partial charge in [0.05, 0.1) is 11.8 Å². The Hall–Kier alpha value is -2.63. The van der Waals surface area contributed by atoms with Crippen molar-refractivity contribution in [2.75, 3.05) is 17.7 Å². The van der Waals surface area contributed by atoms with Crippen LogP contribution in [0.3, 0.4) is 0 Å². The molecular weight excluding hydrogens is 266 g/mol. The summed E-state index contributed by atoms with van der Waals surface area (Å²) in [6.45, 7) is 4.41. The summed E-state index contributed by atoms with van der Waals surface area (Å²) in [6, 6.07) is 10.2. The van der Waals surface area contributed by atoms with Crippen LogP contribution >= 0.6 is 0 Å². The van der Waals surface area contributed by atoms with Gasteiger partial charge < -0.3 is 15.9 Å². The Kier molecular flexibility index (Phi) is 5.09. The molecule has 3 N–H and O–H groups in total.